The number of aromatic nitrogens is 3. The van der Waals surface area contributed by atoms with Gasteiger partial charge in [0.1, 0.15) is 12.2 Å². The molecule has 0 spiro atoms. The number of rotatable bonds is 4. The molecule has 0 aliphatic carbocycles. The largest absolute Gasteiger partial charge is 0.375 e. The number of nitrogens with one attached hydrogen (secondary N) is 2. The van der Waals surface area contributed by atoms with Crippen LogP contribution in [0.15, 0.2) is 17.8 Å². The van der Waals surface area contributed by atoms with E-state index in [1.807, 2.05) is 0 Å². The number of nitrogens with two attached hydrogens (primary N) is 1. The van der Waals surface area contributed by atoms with Gasteiger partial charge in [0.25, 0.3) is 5.91 Å². The lowest BCUT2D eigenvalue weighted by Gasteiger charge is -2.00. The molecule has 2 aromatic rings. The molecule has 100 valence electrons. The van der Waals surface area contributed by atoms with Gasteiger partial charge in [0, 0.05) is 18.6 Å². The van der Waals surface area contributed by atoms with Crippen molar-refractivity contribution < 1.29 is 9.59 Å². The van der Waals surface area contributed by atoms with Crippen molar-refractivity contribution in [1.82, 2.24) is 20.1 Å². The number of carbonyl (C=O) groups is 2. The molecular formula is C10H12N6O2S. The van der Waals surface area contributed by atoms with Crippen molar-refractivity contribution in [2.75, 3.05) is 18.1 Å². The molecule has 0 aliphatic rings. The summed E-state index contributed by atoms with van der Waals surface area (Å²) in [5.41, 5.74) is 6.19. The molecule has 2 aromatic heterocycles. The Bertz CT molecular complexity index is 605. The van der Waals surface area contributed by atoms with E-state index in [-0.39, 0.29) is 24.1 Å². The van der Waals surface area contributed by atoms with E-state index in [1.165, 1.54) is 22.2 Å². The second kappa shape index (κ2) is 5.48. The Kier molecular flexibility index (Phi) is 3.76. The van der Waals surface area contributed by atoms with Crippen LogP contribution in [-0.4, -0.2) is 33.6 Å². The minimum Gasteiger partial charge on any atom is -0.375 e. The van der Waals surface area contributed by atoms with Crippen molar-refractivity contribution in [1.29, 1.82) is 0 Å². The van der Waals surface area contributed by atoms with Crippen LogP contribution in [0.2, 0.25) is 0 Å². The molecule has 0 unspecified atom stereocenters. The van der Waals surface area contributed by atoms with E-state index in [1.54, 1.807) is 18.6 Å². The van der Waals surface area contributed by atoms with Gasteiger partial charge in [-0.05, 0) is 0 Å². The smallest absolute Gasteiger partial charge is 0.275 e. The van der Waals surface area contributed by atoms with Crippen molar-refractivity contribution in [2.24, 2.45) is 0 Å². The highest BCUT2D eigenvalue weighted by atomic mass is 32.1. The van der Waals surface area contributed by atoms with Crippen LogP contribution >= 0.6 is 11.3 Å². The first kappa shape index (κ1) is 13.0. The Balaban J connectivity index is 2.00. The number of carbonyl (C=O) groups excluding carboxylic acids is 2. The van der Waals surface area contributed by atoms with Crippen molar-refractivity contribution in [3.05, 3.63) is 23.5 Å². The topological polar surface area (TPSA) is 115 Å². The van der Waals surface area contributed by atoms with Crippen LogP contribution in [0, 0.1) is 0 Å². The molecule has 19 heavy (non-hydrogen) atoms. The summed E-state index contributed by atoms with van der Waals surface area (Å²) in [5, 5.41) is 11.0. The fourth-order valence-corrected chi connectivity index (χ4v) is 1.87. The predicted octanol–water partition coefficient (Wildman–Crippen LogP) is -0.0799. The monoisotopic (exact) mass is 280 g/mol. The molecule has 4 N–H and O–H groups in total. The molecule has 0 aromatic carbocycles. The zero-order chi connectivity index (χ0) is 13.8. The van der Waals surface area contributed by atoms with Gasteiger partial charge in [0.15, 0.2) is 5.13 Å². The van der Waals surface area contributed by atoms with E-state index in [4.69, 9.17) is 5.73 Å². The van der Waals surface area contributed by atoms with Gasteiger partial charge in [-0.25, -0.2) is 4.98 Å². The number of hydrogen-bond donors (Lipinski definition) is 3. The first-order valence-electron chi connectivity index (χ1n) is 5.34. The summed E-state index contributed by atoms with van der Waals surface area (Å²) in [6.07, 6.45) is 3.01. The minimum atomic E-state index is -0.368. The van der Waals surface area contributed by atoms with E-state index >= 15 is 0 Å². The van der Waals surface area contributed by atoms with Crippen molar-refractivity contribution >= 4 is 34.0 Å². The van der Waals surface area contributed by atoms with Gasteiger partial charge in [0.05, 0.1) is 11.9 Å². The van der Waals surface area contributed by atoms with Gasteiger partial charge in [-0.3, -0.25) is 14.3 Å². The summed E-state index contributed by atoms with van der Waals surface area (Å²) in [6, 6.07) is 0. The first-order chi connectivity index (χ1) is 9.08. The highest BCUT2D eigenvalue weighted by Crippen LogP contribution is 2.13. The highest BCUT2D eigenvalue weighted by Gasteiger charge is 2.11. The number of anilines is 2. The van der Waals surface area contributed by atoms with E-state index in [0.717, 1.165) is 0 Å². The number of likely N-dealkylation sites (N-methyl/N-ethyl adjacent to an activating group) is 1. The molecule has 0 saturated heterocycles. The van der Waals surface area contributed by atoms with Gasteiger partial charge in [-0.15, -0.1) is 11.3 Å². The fraction of sp³-hybridized carbons (Fsp3) is 0.200. The average Bonchev–Trinajstić information content (AvgIpc) is 2.98. The third-order valence-corrected chi connectivity index (χ3v) is 2.90. The summed E-state index contributed by atoms with van der Waals surface area (Å²) >= 11 is 1.19. The quantitative estimate of drug-likeness (QED) is 0.724. The second-order valence-electron chi connectivity index (χ2n) is 3.62. The summed E-state index contributed by atoms with van der Waals surface area (Å²) < 4.78 is 1.42. The molecule has 0 saturated carbocycles. The summed E-state index contributed by atoms with van der Waals surface area (Å²) in [5.74, 6) is -0.541. The SMILES string of the molecule is CNC(=O)Cn1cc(NC(=O)c2csc(N)n2)cn1. The highest BCUT2D eigenvalue weighted by molar-refractivity contribution is 7.13. The maximum absolute atomic E-state index is 11.8. The number of nitrogen functional groups attached to an aromatic ring is 1. The predicted molar refractivity (Wildman–Crippen MR) is 70.8 cm³/mol. The minimum absolute atomic E-state index is 0.0933. The molecule has 2 rings (SSSR count). The molecule has 2 amide bonds. The zero-order valence-electron chi connectivity index (χ0n) is 10.1. The van der Waals surface area contributed by atoms with E-state index < -0.39 is 0 Å². The molecule has 0 atom stereocenters. The van der Waals surface area contributed by atoms with Crippen LogP contribution in [0.1, 0.15) is 10.5 Å². The van der Waals surface area contributed by atoms with Gasteiger partial charge < -0.3 is 16.4 Å². The molecule has 2 heterocycles. The lowest BCUT2D eigenvalue weighted by atomic mass is 10.4. The lowest BCUT2D eigenvalue weighted by Crippen LogP contribution is -2.23. The number of thiazole rings is 1. The molecular weight excluding hydrogens is 268 g/mol. The van der Waals surface area contributed by atoms with Gasteiger partial charge >= 0.3 is 0 Å². The second-order valence-corrected chi connectivity index (χ2v) is 4.51. The third-order valence-electron chi connectivity index (χ3n) is 2.23. The van der Waals surface area contributed by atoms with Crippen LogP contribution in [0.4, 0.5) is 10.8 Å². The van der Waals surface area contributed by atoms with Gasteiger partial charge in [0.2, 0.25) is 5.91 Å². The molecule has 8 nitrogen and oxygen atoms in total. The lowest BCUT2D eigenvalue weighted by molar-refractivity contribution is -0.121. The molecule has 0 radical (unpaired) electrons. The van der Waals surface area contributed by atoms with E-state index in [9.17, 15) is 9.59 Å². The third kappa shape index (κ3) is 3.28. The normalized spacial score (nSPS) is 10.2. The van der Waals surface area contributed by atoms with Crippen LogP contribution < -0.4 is 16.4 Å². The number of nitrogens with zero attached hydrogens (tertiary/aromatic N) is 3. The molecule has 9 heteroatoms. The molecule has 0 aliphatic heterocycles. The summed E-state index contributed by atoms with van der Waals surface area (Å²) in [4.78, 5) is 26.8. The van der Waals surface area contributed by atoms with E-state index in [0.29, 0.717) is 10.8 Å². The fourth-order valence-electron chi connectivity index (χ4n) is 1.33. The Morgan fingerprint density at radius 3 is 2.95 bits per heavy atom. The van der Waals surface area contributed by atoms with Crippen LogP contribution in [0.5, 0.6) is 0 Å². The summed E-state index contributed by atoms with van der Waals surface area (Å²) in [7, 11) is 1.54. The van der Waals surface area contributed by atoms with Crippen LogP contribution in [-0.2, 0) is 11.3 Å². The van der Waals surface area contributed by atoms with Gasteiger partial charge in [-0.1, -0.05) is 0 Å². The standard InChI is InChI=1S/C10H12N6O2S/c1-12-8(17)4-16-3-6(2-13-16)14-9(18)7-5-19-10(11)15-7/h2-3,5H,4H2,1H3,(H2,11,15)(H,12,17)(H,14,18). The maximum Gasteiger partial charge on any atom is 0.275 e. The van der Waals surface area contributed by atoms with Crippen LogP contribution in [0.25, 0.3) is 0 Å². The average molecular weight is 280 g/mol. The summed E-state index contributed by atoms with van der Waals surface area (Å²) in [6.45, 7) is 0.0933. The zero-order valence-corrected chi connectivity index (χ0v) is 10.9. The first-order valence-corrected chi connectivity index (χ1v) is 6.22. The van der Waals surface area contributed by atoms with E-state index in [2.05, 4.69) is 20.7 Å². The Morgan fingerprint density at radius 1 is 1.53 bits per heavy atom. The Labute approximate surface area is 112 Å². The van der Waals surface area contributed by atoms with Crippen molar-refractivity contribution in [3.8, 4) is 0 Å². The van der Waals surface area contributed by atoms with Crippen molar-refractivity contribution in [3.63, 3.8) is 0 Å². The Hall–Kier alpha value is -2.42. The molecule has 0 fully saturated rings. The molecule has 0 bridgehead atoms. The van der Waals surface area contributed by atoms with Crippen LogP contribution in [0.3, 0.4) is 0 Å². The Morgan fingerprint density at radius 2 is 2.32 bits per heavy atom. The van der Waals surface area contributed by atoms with Crippen molar-refractivity contribution in [2.45, 2.75) is 6.54 Å². The number of hydrogen-bond acceptors (Lipinski definition) is 6. The van der Waals surface area contributed by atoms with Gasteiger partial charge in [-0.2, -0.15) is 5.10 Å². The maximum atomic E-state index is 11.8. The number of amides is 2.